The summed E-state index contributed by atoms with van der Waals surface area (Å²) in [4.78, 5) is 34.5. The van der Waals surface area contributed by atoms with Crippen LogP contribution in [0.3, 0.4) is 0 Å². The fraction of sp³-hybridized carbons (Fsp3) is 0.333. The van der Waals surface area contributed by atoms with Crippen LogP contribution in [-0.4, -0.2) is 50.2 Å². The first kappa shape index (κ1) is 25.1. The molecule has 0 unspecified atom stereocenters. The number of anilines is 1. The number of benzene rings is 1. The number of amides is 2. The third-order valence-corrected chi connectivity index (χ3v) is 6.52. The van der Waals surface area contributed by atoms with Crippen molar-refractivity contribution in [3.05, 3.63) is 72.2 Å². The second-order valence-electron chi connectivity index (χ2n) is 9.19. The fourth-order valence-electron chi connectivity index (χ4n) is 4.67. The predicted octanol–water partition coefficient (Wildman–Crippen LogP) is 3.48. The molecule has 0 aliphatic heterocycles. The molecule has 1 atom stereocenters. The summed E-state index contributed by atoms with van der Waals surface area (Å²) in [5.41, 5.74) is 1.13. The zero-order valence-corrected chi connectivity index (χ0v) is 21.3. The van der Waals surface area contributed by atoms with Crippen molar-refractivity contribution in [2.45, 2.75) is 51.2 Å². The van der Waals surface area contributed by atoms with Gasteiger partial charge in [0.25, 0.3) is 5.91 Å². The lowest BCUT2D eigenvalue weighted by Gasteiger charge is -2.32. The summed E-state index contributed by atoms with van der Waals surface area (Å²) >= 11 is 0. The normalized spacial score (nSPS) is 14.3. The molecule has 0 radical (unpaired) electrons. The van der Waals surface area contributed by atoms with E-state index in [1.165, 1.54) is 9.70 Å². The van der Waals surface area contributed by atoms with Gasteiger partial charge >= 0.3 is 0 Å². The monoisotopic (exact) mass is 515 g/mol. The number of rotatable bonds is 9. The van der Waals surface area contributed by atoms with Crippen LogP contribution in [0.2, 0.25) is 0 Å². The molecule has 11 nitrogen and oxygen atoms in total. The number of furan rings is 1. The van der Waals surface area contributed by atoms with Gasteiger partial charge in [0.05, 0.1) is 7.11 Å². The smallest absolute Gasteiger partial charge is 0.251 e. The van der Waals surface area contributed by atoms with E-state index in [-0.39, 0.29) is 24.3 Å². The Bertz CT molecular complexity index is 1400. The molecule has 2 amide bonds. The SMILES string of the molecule is COc1cccc(N(C(=O)Cn2nnc(-c3ccc(C)o3)n2)[C@@H](C(=O)NC2CCCC2)c2ccncc2)c1. The third kappa shape index (κ3) is 5.56. The second kappa shape index (κ2) is 11.2. The largest absolute Gasteiger partial charge is 0.497 e. The number of pyridine rings is 1. The van der Waals surface area contributed by atoms with Crippen LogP contribution in [0.1, 0.15) is 43.0 Å². The van der Waals surface area contributed by atoms with Crippen LogP contribution in [0, 0.1) is 6.92 Å². The van der Waals surface area contributed by atoms with Crippen molar-refractivity contribution in [1.29, 1.82) is 0 Å². The molecule has 0 saturated heterocycles. The minimum Gasteiger partial charge on any atom is -0.497 e. The molecule has 196 valence electrons. The molecule has 1 fully saturated rings. The molecule has 11 heteroatoms. The maximum absolute atomic E-state index is 14.0. The van der Waals surface area contributed by atoms with Crippen molar-refractivity contribution in [2.24, 2.45) is 0 Å². The minimum atomic E-state index is -0.950. The zero-order chi connectivity index (χ0) is 26.5. The standard InChI is InChI=1S/C27H29N7O4/c1-18-10-11-23(38-18)26-30-32-33(31-26)17-24(35)34(21-8-5-9-22(16-21)37-2)25(19-12-14-28-15-13-19)27(36)29-20-6-3-4-7-20/h5,8-16,20,25H,3-4,6-7,17H2,1-2H3,(H,29,36)/t25-/m1/s1. The Hall–Kier alpha value is -4.54. The van der Waals surface area contributed by atoms with Crippen molar-refractivity contribution in [3.8, 4) is 17.3 Å². The van der Waals surface area contributed by atoms with Crippen molar-refractivity contribution < 1.29 is 18.7 Å². The number of nitrogens with zero attached hydrogens (tertiary/aromatic N) is 6. The molecule has 1 aliphatic carbocycles. The molecular weight excluding hydrogens is 486 g/mol. The summed E-state index contributed by atoms with van der Waals surface area (Å²) in [5.74, 6) is 1.32. The van der Waals surface area contributed by atoms with Crippen molar-refractivity contribution in [3.63, 3.8) is 0 Å². The molecule has 5 rings (SSSR count). The molecule has 38 heavy (non-hydrogen) atoms. The number of ether oxygens (including phenoxy) is 1. The number of tetrazole rings is 1. The van der Waals surface area contributed by atoms with Crippen LogP contribution in [0.25, 0.3) is 11.6 Å². The number of methoxy groups -OCH3 is 1. The van der Waals surface area contributed by atoms with E-state index >= 15 is 0 Å². The molecule has 0 bridgehead atoms. The van der Waals surface area contributed by atoms with E-state index in [1.54, 1.807) is 68.0 Å². The summed E-state index contributed by atoms with van der Waals surface area (Å²) in [7, 11) is 1.55. The van der Waals surface area contributed by atoms with Crippen LogP contribution in [0.5, 0.6) is 5.75 Å². The Balaban J connectivity index is 1.51. The topological polar surface area (TPSA) is 128 Å². The Labute approximate surface area is 219 Å². The highest BCUT2D eigenvalue weighted by molar-refractivity contribution is 6.01. The number of nitrogens with one attached hydrogen (secondary N) is 1. The molecule has 4 aromatic rings. The van der Waals surface area contributed by atoms with Gasteiger partial charge < -0.3 is 14.5 Å². The van der Waals surface area contributed by atoms with E-state index < -0.39 is 11.9 Å². The van der Waals surface area contributed by atoms with E-state index in [9.17, 15) is 9.59 Å². The number of hydrogen-bond donors (Lipinski definition) is 1. The average molecular weight is 516 g/mol. The van der Waals surface area contributed by atoms with Crippen LogP contribution >= 0.6 is 0 Å². The Morgan fingerprint density at radius 1 is 1.16 bits per heavy atom. The third-order valence-electron chi connectivity index (χ3n) is 6.52. The fourth-order valence-corrected chi connectivity index (χ4v) is 4.67. The highest BCUT2D eigenvalue weighted by Crippen LogP contribution is 2.31. The number of carbonyl (C=O) groups excluding carboxylic acids is 2. The number of aryl methyl sites for hydroxylation is 1. The molecule has 1 saturated carbocycles. The van der Waals surface area contributed by atoms with E-state index in [1.807, 2.05) is 6.92 Å². The highest BCUT2D eigenvalue weighted by Gasteiger charge is 2.35. The molecule has 1 aromatic carbocycles. The highest BCUT2D eigenvalue weighted by atomic mass is 16.5. The van der Waals surface area contributed by atoms with Crippen LogP contribution in [0.4, 0.5) is 5.69 Å². The summed E-state index contributed by atoms with van der Waals surface area (Å²) in [6, 6.07) is 13.2. The van der Waals surface area contributed by atoms with Gasteiger partial charge in [-0.2, -0.15) is 4.80 Å². The zero-order valence-electron chi connectivity index (χ0n) is 21.3. The first-order chi connectivity index (χ1) is 18.5. The lowest BCUT2D eigenvalue weighted by molar-refractivity contribution is -0.127. The molecular formula is C27H29N7O4. The molecule has 3 aromatic heterocycles. The number of carbonyl (C=O) groups is 2. The minimum absolute atomic E-state index is 0.0744. The Morgan fingerprint density at radius 3 is 2.66 bits per heavy atom. The quantitative estimate of drug-likeness (QED) is 0.359. The maximum atomic E-state index is 14.0. The van der Waals surface area contributed by atoms with Gasteiger partial charge in [0.2, 0.25) is 11.7 Å². The van der Waals surface area contributed by atoms with E-state index in [2.05, 4.69) is 25.7 Å². The van der Waals surface area contributed by atoms with Crippen molar-refractivity contribution in [2.75, 3.05) is 12.0 Å². The molecule has 0 spiro atoms. The van der Waals surface area contributed by atoms with Crippen molar-refractivity contribution >= 4 is 17.5 Å². The van der Waals surface area contributed by atoms with Gasteiger partial charge in [-0.3, -0.25) is 19.5 Å². The van der Waals surface area contributed by atoms with Crippen LogP contribution < -0.4 is 15.0 Å². The Morgan fingerprint density at radius 2 is 1.95 bits per heavy atom. The van der Waals surface area contributed by atoms with Gasteiger partial charge in [0, 0.05) is 30.2 Å². The van der Waals surface area contributed by atoms with Crippen LogP contribution in [-0.2, 0) is 16.1 Å². The van der Waals surface area contributed by atoms with Gasteiger partial charge in [-0.15, -0.1) is 10.2 Å². The first-order valence-corrected chi connectivity index (χ1v) is 12.5. The summed E-state index contributed by atoms with van der Waals surface area (Å²) in [6.45, 7) is 1.57. The van der Waals surface area contributed by atoms with Crippen molar-refractivity contribution in [1.82, 2.24) is 30.5 Å². The predicted molar refractivity (Wildman–Crippen MR) is 138 cm³/mol. The van der Waals surface area contributed by atoms with E-state index in [0.717, 1.165) is 25.7 Å². The lowest BCUT2D eigenvalue weighted by atomic mass is 10.0. The van der Waals surface area contributed by atoms with Crippen LogP contribution in [0.15, 0.2) is 65.3 Å². The molecule has 3 heterocycles. The first-order valence-electron chi connectivity index (χ1n) is 12.5. The maximum Gasteiger partial charge on any atom is 0.251 e. The molecule has 1 N–H and O–H groups in total. The van der Waals surface area contributed by atoms with Gasteiger partial charge in [-0.1, -0.05) is 18.9 Å². The van der Waals surface area contributed by atoms with Gasteiger partial charge in [-0.25, -0.2) is 0 Å². The van der Waals surface area contributed by atoms with E-state index in [0.29, 0.717) is 28.5 Å². The number of hydrogen-bond acceptors (Lipinski definition) is 8. The van der Waals surface area contributed by atoms with Gasteiger partial charge in [0.1, 0.15) is 24.1 Å². The second-order valence-corrected chi connectivity index (χ2v) is 9.19. The number of aromatic nitrogens is 5. The average Bonchev–Trinajstić information content (AvgIpc) is 3.70. The van der Waals surface area contributed by atoms with E-state index in [4.69, 9.17) is 9.15 Å². The van der Waals surface area contributed by atoms with Gasteiger partial charge in [0.15, 0.2) is 5.76 Å². The molecule has 1 aliphatic rings. The van der Waals surface area contributed by atoms with Gasteiger partial charge in [-0.05, 0) is 66.9 Å². The Kier molecular flexibility index (Phi) is 7.43. The summed E-state index contributed by atoms with van der Waals surface area (Å²) in [6.07, 6.45) is 7.18. The lowest BCUT2D eigenvalue weighted by Crippen LogP contribution is -2.47. The summed E-state index contributed by atoms with van der Waals surface area (Å²) < 4.78 is 11.0. The summed E-state index contributed by atoms with van der Waals surface area (Å²) in [5, 5.41) is 15.6.